The summed E-state index contributed by atoms with van der Waals surface area (Å²) in [6.45, 7) is 0.630. The minimum Gasteiger partial charge on any atom is -0.481 e. The maximum Gasteiger partial charge on any atom is 0.312 e. The van der Waals surface area contributed by atoms with Crippen LogP contribution in [0, 0.1) is 11.8 Å². The third-order valence-corrected chi connectivity index (χ3v) is 4.28. The van der Waals surface area contributed by atoms with Crippen molar-refractivity contribution < 1.29 is 14.7 Å². The van der Waals surface area contributed by atoms with Gasteiger partial charge < -0.3 is 16.2 Å². The highest BCUT2D eigenvalue weighted by molar-refractivity contribution is 5.81. The van der Waals surface area contributed by atoms with Crippen molar-refractivity contribution in [3.63, 3.8) is 0 Å². The number of nitrogens with two attached hydrogens (primary N) is 1. The van der Waals surface area contributed by atoms with Crippen molar-refractivity contribution in [2.45, 2.75) is 25.2 Å². The first-order valence-electron chi connectivity index (χ1n) is 7.39. The fourth-order valence-electron chi connectivity index (χ4n) is 3.03. The second kappa shape index (κ2) is 7.22. The predicted molar refractivity (Wildman–Crippen MR) is 79.7 cm³/mol. The molecular weight excluding hydrogens is 268 g/mol. The first kappa shape index (κ1) is 15.5. The van der Waals surface area contributed by atoms with Crippen molar-refractivity contribution in [2.24, 2.45) is 17.6 Å². The van der Waals surface area contributed by atoms with Crippen LogP contribution < -0.4 is 11.1 Å². The minimum absolute atomic E-state index is 0.0647. The van der Waals surface area contributed by atoms with E-state index in [2.05, 4.69) is 5.32 Å². The molecule has 5 nitrogen and oxygen atoms in total. The van der Waals surface area contributed by atoms with E-state index in [4.69, 9.17) is 5.73 Å². The number of rotatable bonds is 6. The lowest BCUT2D eigenvalue weighted by Crippen LogP contribution is -2.38. The van der Waals surface area contributed by atoms with Gasteiger partial charge in [0.15, 0.2) is 0 Å². The number of carbonyl (C=O) groups excluding carboxylic acids is 1. The minimum atomic E-state index is -0.928. The van der Waals surface area contributed by atoms with Crippen LogP contribution in [0.4, 0.5) is 0 Å². The van der Waals surface area contributed by atoms with Crippen LogP contribution in [0.3, 0.4) is 0 Å². The molecule has 0 aromatic heterocycles. The van der Waals surface area contributed by atoms with Crippen LogP contribution in [0.25, 0.3) is 0 Å². The Labute approximate surface area is 124 Å². The molecule has 1 aromatic carbocycles. The third kappa shape index (κ3) is 3.82. The molecule has 3 atom stereocenters. The Kier molecular flexibility index (Phi) is 5.33. The molecule has 0 saturated heterocycles. The summed E-state index contributed by atoms with van der Waals surface area (Å²) in [6, 6.07) is 8.97. The Balaban J connectivity index is 1.96. The SMILES string of the molecule is NCC1CCCC1C(=O)NCC(C(=O)O)c1ccccc1. The maximum atomic E-state index is 12.2. The standard InChI is InChI=1S/C16H22N2O3/c17-9-12-7-4-8-13(12)15(19)18-10-14(16(20)21)11-5-2-1-3-6-11/h1-3,5-6,12-14H,4,7-10,17H2,(H,18,19)(H,20,21). The summed E-state index contributed by atoms with van der Waals surface area (Å²) in [7, 11) is 0. The molecular formula is C16H22N2O3. The van der Waals surface area contributed by atoms with E-state index in [1.54, 1.807) is 24.3 Å². The molecule has 0 aliphatic heterocycles. The lowest BCUT2D eigenvalue weighted by atomic mass is 9.94. The maximum absolute atomic E-state index is 12.2. The topological polar surface area (TPSA) is 92.4 Å². The second-order valence-electron chi connectivity index (χ2n) is 5.58. The van der Waals surface area contributed by atoms with E-state index in [0.29, 0.717) is 12.1 Å². The van der Waals surface area contributed by atoms with Gasteiger partial charge in [0, 0.05) is 12.5 Å². The van der Waals surface area contributed by atoms with Crippen LogP contribution in [-0.4, -0.2) is 30.1 Å². The molecule has 3 unspecified atom stereocenters. The number of hydrogen-bond acceptors (Lipinski definition) is 3. The number of carboxylic acid groups (broad SMARTS) is 1. The zero-order valence-electron chi connectivity index (χ0n) is 12.0. The molecule has 0 heterocycles. The van der Waals surface area contributed by atoms with E-state index < -0.39 is 11.9 Å². The number of benzene rings is 1. The molecule has 0 spiro atoms. The monoisotopic (exact) mass is 290 g/mol. The molecule has 1 aromatic rings. The first-order chi connectivity index (χ1) is 10.1. The summed E-state index contributed by atoms with van der Waals surface area (Å²) in [4.78, 5) is 23.6. The molecule has 1 aliphatic carbocycles. The van der Waals surface area contributed by atoms with Gasteiger partial charge in [-0.2, -0.15) is 0 Å². The highest BCUT2D eigenvalue weighted by Gasteiger charge is 2.32. The van der Waals surface area contributed by atoms with Crippen molar-refractivity contribution in [3.05, 3.63) is 35.9 Å². The van der Waals surface area contributed by atoms with Gasteiger partial charge in [-0.25, -0.2) is 0 Å². The van der Waals surface area contributed by atoms with Gasteiger partial charge >= 0.3 is 5.97 Å². The summed E-state index contributed by atoms with van der Waals surface area (Å²) in [5.74, 6) is -1.55. The van der Waals surface area contributed by atoms with E-state index in [0.717, 1.165) is 19.3 Å². The molecule has 5 heteroatoms. The van der Waals surface area contributed by atoms with Crippen LogP contribution in [0.5, 0.6) is 0 Å². The second-order valence-corrected chi connectivity index (χ2v) is 5.58. The third-order valence-electron chi connectivity index (χ3n) is 4.28. The molecule has 0 bridgehead atoms. The molecule has 114 valence electrons. The number of carboxylic acids is 1. The Morgan fingerprint density at radius 1 is 1.29 bits per heavy atom. The Morgan fingerprint density at radius 3 is 2.62 bits per heavy atom. The number of aliphatic carboxylic acids is 1. The predicted octanol–water partition coefficient (Wildman–Crippen LogP) is 1.35. The van der Waals surface area contributed by atoms with E-state index in [1.165, 1.54) is 0 Å². The Hall–Kier alpha value is -1.88. The average Bonchev–Trinajstić information content (AvgIpc) is 2.96. The van der Waals surface area contributed by atoms with Crippen LogP contribution in [0.2, 0.25) is 0 Å². The summed E-state index contributed by atoms with van der Waals surface area (Å²) in [6.07, 6.45) is 2.84. The van der Waals surface area contributed by atoms with Gasteiger partial charge in [0.1, 0.15) is 0 Å². The summed E-state index contributed by atoms with van der Waals surface area (Å²) < 4.78 is 0. The van der Waals surface area contributed by atoms with Gasteiger partial charge in [-0.05, 0) is 30.9 Å². The highest BCUT2D eigenvalue weighted by atomic mass is 16.4. The molecule has 2 rings (SSSR count). The lowest BCUT2D eigenvalue weighted by molar-refractivity contribution is -0.138. The number of carbonyl (C=O) groups is 2. The van der Waals surface area contributed by atoms with Crippen LogP contribution in [-0.2, 0) is 9.59 Å². The largest absolute Gasteiger partial charge is 0.481 e. The van der Waals surface area contributed by atoms with Gasteiger partial charge in [-0.3, -0.25) is 9.59 Å². The van der Waals surface area contributed by atoms with Crippen molar-refractivity contribution >= 4 is 11.9 Å². The van der Waals surface area contributed by atoms with Crippen molar-refractivity contribution in [1.29, 1.82) is 0 Å². The fourth-order valence-corrected chi connectivity index (χ4v) is 3.03. The van der Waals surface area contributed by atoms with Crippen molar-refractivity contribution in [2.75, 3.05) is 13.1 Å². The Morgan fingerprint density at radius 2 is 2.00 bits per heavy atom. The van der Waals surface area contributed by atoms with Gasteiger partial charge in [0.05, 0.1) is 5.92 Å². The first-order valence-corrected chi connectivity index (χ1v) is 7.39. The molecule has 1 aliphatic rings. The molecule has 0 radical (unpaired) electrons. The molecule has 1 saturated carbocycles. The fraction of sp³-hybridized carbons (Fsp3) is 0.500. The van der Waals surface area contributed by atoms with Crippen LogP contribution in [0.1, 0.15) is 30.7 Å². The quantitative estimate of drug-likeness (QED) is 0.737. The van der Waals surface area contributed by atoms with Gasteiger partial charge in [-0.1, -0.05) is 36.8 Å². The van der Waals surface area contributed by atoms with Crippen molar-refractivity contribution in [3.8, 4) is 0 Å². The van der Waals surface area contributed by atoms with Crippen LogP contribution >= 0.6 is 0 Å². The van der Waals surface area contributed by atoms with E-state index in [-0.39, 0.29) is 24.3 Å². The smallest absolute Gasteiger partial charge is 0.312 e. The van der Waals surface area contributed by atoms with Gasteiger partial charge in [0.25, 0.3) is 0 Å². The molecule has 21 heavy (non-hydrogen) atoms. The Bertz CT molecular complexity index is 490. The molecule has 1 fully saturated rings. The summed E-state index contributed by atoms with van der Waals surface area (Å²) >= 11 is 0. The van der Waals surface area contributed by atoms with E-state index >= 15 is 0 Å². The normalized spacial score (nSPS) is 22.7. The van der Waals surface area contributed by atoms with Gasteiger partial charge in [-0.15, -0.1) is 0 Å². The summed E-state index contributed by atoms with van der Waals surface area (Å²) in [5, 5.41) is 12.1. The molecule has 1 amide bonds. The number of nitrogens with one attached hydrogen (secondary N) is 1. The lowest BCUT2D eigenvalue weighted by Gasteiger charge is -2.19. The molecule has 4 N–H and O–H groups in total. The summed E-state index contributed by atoms with van der Waals surface area (Å²) in [5.41, 5.74) is 6.38. The zero-order valence-corrected chi connectivity index (χ0v) is 12.0. The zero-order chi connectivity index (χ0) is 15.2. The number of amides is 1. The van der Waals surface area contributed by atoms with Crippen LogP contribution in [0.15, 0.2) is 30.3 Å². The van der Waals surface area contributed by atoms with E-state index in [1.807, 2.05) is 6.07 Å². The number of hydrogen-bond donors (Lipinski definition) is 3. The van der Waals surface area contributed by atoms with E-state index in [9.17, 15) is 14.7 Å². The average molecular weight is 290 g/mol. The van der Waals surface area contributed by atoms with Crippen molar-refractivity contribution in [1.82, 2.24) is 5.32 Å². The van der Waals surface area contributed by atoms with Gasteiger partial charge in [0.2, 0.25) is 5.91 Å². The highest BCUT2D eigenvalue weighted by Crippen LogP contribution is 2.31.